The SMILES string of the molecule is Cc1cc2c(cc1O)oc1cc(CCCCCN=[N+]=[N-])oc(=O)c12. The fourth-order valence-electron chi connectivity index (χ4n) is 2.74. The fourth-order valence-corrected chi connectivity index (χ4v) is 2.74. The molecule has 2 heterocycles. The van der Waals surface area contributed by atoms with E-state index in [1.54, 1.807) is 19.1 Å². The summed E-state index contributed by atoms with van der Waals surface area (Å²) in [6, 6.07) is 4.97. The minimum atomic E-state index is -0.430. The topological polar surface area (TPSA) is 112 Å². The van der Waals surface area contributed by atoms with Gasteiger partial charge < -0.3 is 13.9 Å². The quantitative estimate of drug-likeness (QED) is 0.309. The van der Waals surface area contributed by atoms with Gasteiger partial charge in [-0.1, -0.05) is 11.5 Å². The molecule has 0 spiro atoms. The van der Waals surface area contributed by atoms with E-state index >= 15 is 0 Å². The van der Waals surface area contributed by atoms with Crippen LogP contribution in [0, 0.1) is 6.92 Å². The molecule has 124 valence electrons. The highest BCUT2D eigenvalue weighted by atomic mass is 16.4. The van der Waals surface area contributed by atoms with E-state index in [2.05, 4.69) is 10.0 Å². The zero-order valence-corrected chi connectivity index (χ0v) is 13.3. The summed E-state index contributed by atoms with van der Waals surface area (Å²) in [6.45, 7) is 2.24. The molecule has 3 rings (SSSR count). The first-order chi connectivity index (χ1) is 11.6. The summed E-state index contributed by atoms with van der Waals surface area (Å²) < 4.78 is 11.1. The Bertz CT molecular complexity index is 996. The second kappa shape index (κ2) is 6.68. The van der Waals surface area contributed by atoms with Gasteiger partial charge in [-0.05, 0) is 36.9 Å². The van der Waals surface area contributed by atoms with E-state index < -0.39 is 5.63 Å². The summed E-state index contributed by atoms with van der Waals surface area (Å²) in [5, 5.41) is 14.3. The van der Waals surface area contributed by atoms with E-state index in [4.69, 9.17) is 14.4 Å². The molecule has 7 nitrogen and oxygen atoms in total. The minimum absolute atomic E-state index is 0.131. The van der Waals surface area contributed by atoms with Gasteiger partial charge in [-0.25, -0.2) is 4.79 Å². The fraction of sp³-hybridized carbons (Fsp3) is 0.353. The molecule has 0 aliphatic carbocycles. The maximum atomic E-state index is 12.3. The lowest BCUT2D eigenvalue weighted by Gasteiger charge is -2.00. The Morgan fingerprint density at radius 2 is 2.00 bits per heavy atom. The van der Waals surface area contributed by atoms with Crippen LogP contribution in [-0.4, -0.2) is 11.7 Å². The average Bonchev–Trinajstić information content (AvgIpc) is 2.89. The van der Waals surface area contributed by atoms with Crippen molar-refractivity contribution in [1.29, 1.82) is 0 Å². The molecule has 24 heavy (non-hydrogen) atoms. The number of aromatic hydroxyl groups is 1. The predicted octanol–water partition coefficient (Wildman–Crippen LogP) is 4.58. The van der Waals surface area contributed by atoms with E-state index in [1.165, 1.54) is 6.07 Å². The number of phenolic OH excluding ortho intramolecular Hbond substituents is 1. The lowest BCUT2D eigenvalue weighted by molar-refractivity contribution is 0.455. The van der Waals surface area contributed by atoms with Gasteiger partial charge in [0.05, 0.1) is 0 Å². The molecule has 0 amide bonds. The number of hydrogen-bond acceptors (Lipinski definition) is 5. The number of azide groups is 1. The molecule has 0 radical (unpaired) electrons. The molecule has 0 aliphatic heterocycles. The Morgan fingerprint density at radius 3 is 2.79 bits per heavy atom. The summed E-state index contributed by atoms with van der Waals surface area (Å²) in [7, 11) is 0. The van der Waals surface area contributed by atoms with Crippen molar-refractivity contribution < 1.29 is 13.9 Å². The van der Waals surface area contributed by atoms with Crippen LogP contribution in [0.25, 0.3) is 32.4 Å². The van der Waals surface area contributed by atoms with Gasteiger partial charge in [-0.3, -0.25) is 0 Å². The zero-order chi connectivity index (χ0) is 17.1. The van der Waals surface area contributed by atoms with Crippen molar-refractivity contribution in [2.24, 2.45) is 5.11 Å². The molecule has 0 aliphatic rings. The number of rotatable bonds is 6. The Balaban J connectivity index is 1.86. The van der Waals surface area contributed by atoms with Crippen LogP contribution in [0.3, 0.4) is 0 Å². The Kier molecular flexibility index (Phi) is 4.44. The molecule has 7 heteroatoms. The second-order valence-electron chi connectivity index (χ2n) is 5.74. The normalized spacial score (nSPS) is 11.0. The van der Waals surface area contributed by atoms with Crippen LogP contribution < -0.4 is 5.63 Å². The maximum absolute atomic E-state index is 12.3. The molecule has 1 N–H and O–H groups in total. The summed E-state index contributed by atoms with van der Waals surface area (Å²) >= 11 is 0. The van der Waals surface area contributed by atoms with E-state index in [1.807, 2.05) is 0 Å². The van der Waals surface area contributed by atoms with E-state index in [0.29, 0.717) is 46.2 Å². The van der Waals surface area contributed by atoms with Crippen LogP contribution in [0.15, 0.2) is 36.9 Å². The number of aryl methyl sites for hydroxylation is 2. The third kappa shape index (κ3) is 3.07. The van der Waals surface area contributed by atoms with Gasteiger partial charge in [0.2, 0.25) is 0 Å². The lowest BCUT2D eigenvalue weighted by atomic mass is 10.1. The van der Waals surface area contributed by atoms with E-state index in [0.717, 1.165) is 19.3 Å². The molecule has 0 saturated heterocycles. The van der Waals surface area contributed by atoms with Crippen molar-refractivity contribution in [1.82, 2.24) is 0 Å². The molecular weight excluding hydrogens is 310 g/mol. The number of fused-ring (bicyclic) bond motifs is 3. The molecular formula is C17H17N3O4. The predicted molar refractivity (Wildman–Crippen MR) is 90.2 cm³/mol. The maximum Gasteiger partial charge on any atom is 0.347 e. The first-order valence-electron chi connectivity index (χ1n) is 7.80. The standard InChI is InChI=1S/C17H17N3O4/c1-10-7-12-14(9-13(10)21)24-15-8-11(23-17(22)16(12)15)5-3-2-4-6-19-20-18/h7-9,21H,2-6H2,1H3. The van der Waals surface area contributed by atoms with Gasteiger partial charge in [-0.15, -0.1) is 0 Å². The summed E-state index contributed by atoms with van der Waals surface area (Å²) in [4.78, 5) is 15.0. The first-order valence-corrected chi connectivity index (χ1v) is 7.80. The van der Waals surface area contributed by atoms with Crippen molar-refractivity contribution >= 4 is 21.9 Å². The van der Waals surface area contributed by atoms with Gasteiger partial charge in [0.15, 0.2) is 0 Å². The Morgan fingerprint density at radius 1 is 1.17 bits per heavy atom. The Hall–Kier alpha value is -2.92. The molecule has 0 bridgehead atoms. The molecule has 1 aromatic carbocycles. The van der Waals surface area contributed by atoms with Crippen LogP contribution in [0.4, 0.5) is 0 Å². The van der Waals surface area contributed by atoms with Crippen molar-refractivity contribution in [2.45, 2.75) is 32.6 Å². The van der Waals surface area contributed by atoms with Gasteiger partial charge in [0, 0.05) is 35.4 Å². The van der Waals surface area contributed by atoms with E-state index in [9.17, 15) is 9.90 Å². The number of furan rings is 1. The average molecular weight is 327 g/mol. The number of phenols is 1. The van der Waals surface area contributed by atoms with Crippen molar-refractivity contribution in [3.8, 4) is 5.75 Å². The smallest absolute Gasteiger partial charge is 0.347 e. The third-order valence-electron chi connectivity index (χ3n) is 4.00. The highest BCUT2D eigenvalue weighted by Gasteiger charge is 2.15. The lowest BCUT2D eigenvalue weighted by Crippen LogP contribution is -2.01. The molecule has 0 saturated carbocycles. The molecule has 3 aromatic rings. The van der Waals surface area contributed by atoms with Gasteiger partial charge in [0.25, 0.3) is 0 Å². The van der Waals surface area contributed by atoms with Crippen LogP contribution in [0.1, 0.15) is 30.6 Å². The number of hydrogen-bond donors (Lipinski definition) is 1. The summed E-state index contributed by atoms with van der Waals surface area (Å²) in [5.41, 5.74) is 9.39. The van der Waals surface area contributed by atoms with Crippen molar-refractivity contribution in [2.75, 3.05) is 6.54 Å². The number of benzene rings is 1. The largest absolute Gasteiger partial charge is 0.508 e. The van der Waals surface area contributed by atoms with Gasteiger partial charge >= 0.3 is 5.63 Å². The highest BCUT2D eigenvalue weighted by molar-refractivity contribution is 6.04. The van der Waals surface area contributed by atoms with Crippen LogP contribution in [0.5, 0.6) is 5.75 Å². The highest BCUT2D eigenvalue weighted by Crippen LogP contribution is 2.31. The van der Waals surface area contributed by atoms with Crippen molar-refractivity contribution in [3.63, 3.8) is 0 Å². The molecule has 0 unspecified atom stereocenters. The molecule has 0 fully saturated rings. The minimum Gasteiger partial charge on any atom is -0.508 e. The third-order valence-corrected chi connectivity index (χ3v) is 4.00. The monoisotopic (exact) mass is 327 g/mol. The van der Waals surface area contributed by atoms with Crippen molar-refractivity contribution in [3.05, 3.63) is 50.4 Å². The summed E-state index contributed by atoms with van der Waals surface area (Å²) in [5.74, 6) is 0.697. The van der Waals surface area contributed by atoms with Gasteiger partial charge in [0.1, 0.15) is 28.1 Å². The molecule has 2 aromatic heterocycles. The Labute approximate surface area is 137 Å². The first kappa shape index (κ1) is 16.0. The van der Waals surface area contributed by atoms with E-state index in [-0.39, 0.29) is 5.75 Å². The second-order valence-corrected chi connectivity index (χ2v) is 5.74. The number of nitrogens with zero attached hydrogens (tertiary/aromatic N) is 3. The summed E-state index contributed by atoms with van der Waals surface area (Å²) in [6.07, 6.45) is 3.13. The van der Waals surface area contributed by atoms with Crippen LogP contribution in [-0.2, 0) is 6.42 Å². The molecule has 0 atom stereocenters. The number of unbranched alkanes of at least 4 members (excludes halogenated alkanes) is 2. The van der Waals surface area contributed by atoms with Crippen LogP contribution in [0.2, 0.25) is 0 Å². The zero-order valence-electron chi connectivity index (χ0n) is 13.3. The van der Waals surface area contributed by atoms with Crippen LogP contribution >= 0.6 is 0 Å². The van der Waals surface area contributed by atoms with Gasteiger partial charge in [-0.2, -0.15) is 0 Å².